The van der Waals surface area contributed by atoms with E-state index in [0.29, 0.717) is 17.4 Å². The van der Waals surface area contributed by atoms with Gasteiger partial charge in [-0.3, -0.25) is 10.5 Å². The number of rotatable bonds is 5. The molecule has 0 amide bonds. The van der Waals surface area contributed by atoms with Crippen molar-refractivity contribution in [2.75, 3.05) is 10.7 Å². The quantitative estimate of drug-likeness (QED) is 0.390. The molecule has 3 aromatic rings. The van der Waals surface area contributed by atoms with Gasteiger partial charge in [-0.25, -0.2) is 10.8 Å². The predicted molar refractivity (Wildman–Crippen MR) is 74.8 cm³/mol. The number of hydrogen-bond acceptors (Lipinski definition) is 7. The SMILES string of the molecule is CC(Cn1ccnc1)Nc1nc(NN)nc2[nH]ncc12. The third-order valence-corrected chi connectivity index (χ3v) is 2.87. The third kappa shape index (κ3) is 2.38. The fourth-order valence-corrected chi connectivity index (χ4v) is 2.00. The van der Waals surface area contributed by atoms with E-state index in [1.807, 2.05) is 10.8 Å². The van der Waals surface area contributed by atoms with Crippen LogP contribution in [0.25, 0.3) is 11.0 Å². The van der Waals surface area contributed by atoms with Gasteiger partial charge in [0.2, 0.25) is 5.95 Å². The van der Waals surface area contributed by atoms with E-state index < -0.39 is 0 Å². The maximum Gasteiger partial charge on any atom is 0.241 e. The van der Waals surface area contributed by atoms with Crippen LogP contribution in [0.3, 0.4) is 0 Å². The highest BCUT2D eigenvalue weighted by Crippen LogP contribution is 2.20. The van der Waals surface area contributed by atoms with Gasteiger partial charge in [0.15, 0.2) is 5.65 Å². The van der Waals surface area contributed by atoms with Crippen LogP contribution in [0.15, 0.2) is 24.9 Å². The molecule has 3 rings (SSSR count). The molecule has 1 unspecified atom stereocenters. The number of aromatic amines is 1. The molecule has 0 aliphatic heterocycles. The number of nitrogen functional groups attached to an aromatic ring is 1. The van der Waals surface area contributed by atoms with Gasteiger partial charge in [-0.2, -0.15) is 15.1 Å². The number of aromatic nitrogens is 6. The summed E-state index contributed by atoms with van der Waals surface area (Å²) in [5.41, 5.74) is 3.07. The van der Waals surface area contributed by atoms with Crippen LogP contribution in [0.1, 0.15) is 6.92 Å². The predicted octanol–water partition coefficient (Wildman–Crippen LogP) is 0.336. The topological polar surface area (TPSA) is 122 Å². The van der Waals surface area contributed by atoms with Gasteiger partial charge in [0, 0.05) is 25.0 Å². The summed E-state index contributed by atoms with van der Waals surface area (Å²) in [7, 11) is 0. The summed E-state index contributed by atoms with van der Waals surface area (Å²) in [5.74, 6) is 6.39. The Morgan fingerprint density at radius 3 is 3.10 bits per heavy atom. The van der Waals surface area contributed by atoms with E-state index in [0.717, 1.165) is 11.9 Å². The van der Waals surface area contributed by atoms with E-state index >= 15 is 0 Å². The van der Waals surface area contributed by atoms with Gasteiger partial charge in [-0.1, -0.05) is 0 Å². The lowest BCUT2D eigenvalue weighted by atomic mass is 10.3. The maximum absolute atomic E-state index is 5.37. The number of H-pyrrole nitrogens is 1. The summed E-state index contributed by atoms with van der Waals surface area (Å²) in [6, 6.07) is 0.155. The van der Waals surface area contributed by atoms with Crippen molar-refractivity contribution in [1.29, 1.82) is 0 Å². The first-order valence-electron chi connectivity index (χ1n) is 6.16. The van der Waals surface area contributed by atoms with Crippen LogP contribution in [-0.2, 0) is 6.54 Å². The average molecular weight is 273 g/mol. The molecule has 1 atom stereocenters. The average Bonchev–Trinajstić information content (AvgIpc) is 3.09. The second-order valence-electron chi connectivity index (χ2n) is 4.48. The van der Waals surface area contributed by atoms with Crippen LogP contribution < -0.4 is 16.6 Å². The van der Waals surface area contributed by atoms with Crippen molar-refractivity contribution >= 4 is 22.8 Å². The summed E-state index contributed by atoms with van der Waals surface area (Å²) >= 11 is 0. The number of imidazole rings is 1. The standard InChI is InChI=1S/C11H15N9/c1-7(5-20-3-2-13-6-20)15-9-8-4-14-19-10(8)17-11(16-9)18-12/h2-4,6-7H,5,12H2,1H3,(H3,14,15,16,17,18,19). The Morgan fingerprint density at radius 1 is 1.45 bits per heavy atom. The largest absolute Gasteiger partial charge is 0.365 e. The van der Waals surface area contributed by atoms with Crippen molar-refractivity contribution in [3.8, 4) is 0 Å². The van der Waals surface area contributed by atoms with Crippen LogP contribution in [0.5, 0.6) is 0 Å². The monoisotopic (exact) mass is 273 g/mol. The molecule has 0 aliphatic rings. The molecule has 104 valence electrons. The zero-order chi connectivity index (χ0) is 13.9. The van der Waals surface area contributed by atoms with Crippen molar-refractivity contribution in [3.05, 3.63) is 24.9 Å². The molecule has 0 aromatic carbocycles. The number of hydrazine groups is 1. The van der Waals surface area contributed by atoms with Crippen LogP contribution in [0.4, 0.5) is 11.8 Å². The fraction of sp³-hybridized carbons (Fsp3) is 0.273. The Kier molecular flexibility index (Phi) is 3.17. The lowest BCUT2D eigenvalue weighted by molar-refractivity contribution is 0.617. The van der Waals surface area contributed by atoms with Crippen LogP contribution in [0, 0.1) is 0 Å². The molecule has 9 nitrogen and oxygen atoms in total. The first-order valence-corrected chi connectivity index (χ1v) is 6.16. The molecule has 3 heterocycles. The molecular weight excluding hydrogens is 258 g/mol. The smallest absolute Gasteiger partial charge is 0.241 e. The summed E-state index contributed by atoms with van der Waals surface area (Å²) in [5, 5.41) is 10.9. The highest BCUT2D eigenvalue weighted by atomic mass is 15.3. The zero-order valence-corrected chi connectivity index (χ0v) is 10.9. The van der Waals surface area contributed by atoms with Gasteiger partial charge >= 0.3 is 0 Å². The Morgan fingerprint density at radius 2 is 2.35 bits per heavy atom. The Bertz CT molecular complexity index is 687. The first-order chi connectivity index (χ1) is 9.76. The van der Waals surface area contributed by atoms with Crippen molar-refractivity contribution in [2.45, 2.75) is 19.5 Å². The van der Waals surface area contributed by atoms with Gasteiger partial charge in [0.05, 0.1) is 17.9 Å². The maximum atomic E-state index is 5.37. The van der Waals surface area contributed by atoms with Crippen molar-refractivity contribution < 1.29 is 0 Å². The second-order valence-corrected chi connectivity index (χ2v) is 4.48. The highest BCUT2D eigenvalue weighted by molar-refractivity contribution is 5.87. The minimum atomic E-state index is 0.155. The van der Waals surface area contributed by atoms with Gasteiger partial charge in [0.25, 0.3) is 0 Å². The molecule has 0 bridgehead atoms. The third-order valence-electron chi connectivity index (χ3n) is 2.87. The molecule has 0 radical (unpaired) electrons. The Balaban J connectivity index is 1.84. The van der Waals surface area contributed by atoms with E-state index in [4.69, 9.17) is 5.84 Å². The summed E-state index contributed by atoms with van der Waals surface area (Å²) in [4.78, 5) is 12.5. The van der Waals surface area contributed by atoms with E-state index in [2.05, 4.69) is 42.8 Å². The first kappa shape index (κ1) is 12.4. The molecule has 3 aromatic heterocycles. The van der Waals surface area contributed by atoms with Gasteiger partial charge in [0.1, 0.15) is 5.82 Å². The normalized spacial score (nSPS) is 12.5. The van der Waals surface area contributed by atoms with Crippen molar-refractivity contribution in [3.63, 3.8) is 0 Å². The number of fused-ring (bicyclic) bond motifs is 1. The molecule has 9 heteroatoms. The molecule has 0 spiro atoms. The minimum absolute atomic E-state index is 0.155. The molecular formula is C11H15N9. The van der Waals surface area contributed by atoms with Crippen molar-refractivity contribution in [1.82, 2.24) is 29.7 Å². The van der Waals surface area contributed by atoms with Crippen LogP contribution in [-0.4, -0.2) is 35.8 Å². The van der Waals surface area contributed by atoms with E-state index in [1.165, 1.54) is 0 Å². The van der Waals surface area contributed by atoms with Crippen LogP contribution >= 0.6 is 0 Å². The summed E-state index contributed by atoms with van der Waals surface area (Å²) < 4.78 is 1.99. The Hall–Kier alpha value is -2.68. The van der Waals surface area contributed by atoms with E-state index in [-0.39, 0.29) is 6.04 Å². The lowest BCUT2D eigenvalue weighted by Gasteiger charge is -2.15. The van der Waals surface area contributed by atoms with Gasteiger partial charge in [-0.05, 0) is 6.92 Å². The number of hydrogen-bond donors (Lipinski definition) is 4. The number of nitrogens with one attached hydrogen (secondary N) is 3. The Labute approximate surface area is 114 Å². The van der Waals surface area contributed by atoms with E-state index in [1.54, 1.807) is 18.7 Å². The van der Waals surface area contributed by atoms with Crippen molar-refractivity contribution in [2.24, 2.45) is 5.84 Å². The van der Waals surface area contributed by atoms with Gasteiger partial charge < -0.3 is 9.88 Å². The summed E-state index contributed by atoms with van der Waals surface area (Å²) in [6.45, 7) is 2.83. The number of nitrogens with two attached hydrogens (primary N) is 1. The molecule has 0 fully saturated rings. The molecule has 0 aliphatic carbocycles. The van der Waals surface area contributed by atoms with E-state index in [9.17, 15) is 0 Å². The highest BCUT2D eigenvalue weighted by Gasteiger charge is 2.11. The van der Waals surface area contributed by atoms with Crippen LogP contribution in [0.2, 0.25) is 0 Å². The molecule has 5 N–H and O–H groups in total. The second kappa shape index (κ2) is 5.13. The molecule has 0 saturated heterocycles. The minimum Gasteiger partial charge on any atom is -0.365 e. The van der Waals surface area contributed by atoms with Gasteiger partial charge in [-0.15, -0.1) is 0 Å². The fourth-order valence-electron chi connectivity index (χ4n) is 2.00. The number of nitrogens with zero attached hydrogens (tertiary/aromatic N) is 5. The molecule has 0 saturated carbocycles. The lowest BCUT2D eigenvalue weighted by Crippen LogP contribution is -2.22. The summed E-state index contributed by atoms with van der Waals surface area (Å²) in [6.07, 6.45) is 7.13. The number of anilines is 2. The zero-order valence-electron chi connectivity index (χ0n) is 10.9. The molecule has 20 heavy (non-hydrogen) atoms.